The smallest absolute Gasteiger partial charge is 0.0952 e. The van der Waals surface area contributed by atoms with Crippen LogP contribution < -0.4 is 11.3 Å². The molecule has 1 atom stereocenters. The lowest BCUT2D eigenvalue weighted by Gasteiger charge is -2.11. The minimum absolute atomic E-state index is 0.0217. The minimum atomic E-state index is 0.0217. The van der Waals surface area contributed by atoms with Crippen molar-refractivity contribution in [1.82, 2.24) is 20.2 Å². The van der Waals surface area contributed by atoms with Crippen molar-refractivity contribution in [2.75, 3.05) is 0 Å². The molecule has 2 heterocycles. The van der Waals surface area contributed by atoms with Gasteiger partial charge in [-0.05, 0) is 0 Å². The van der Waals surface area contributed by atoms with Crippen molar-refractivity contribution in [3.05, 3.63) is 58.7 Å². The zero-order valence-corrected chi connectivity index (χ0v) is 12.5. The van der Waals surface area contributed by atoms with Gasteiger partial charge in [-0.15, -0.1) is 11.3 Å². The molecule has 3 aromatic rings. The molecule has 5 nitrogen and oxygen atoms in total. The van der Waals surface area contributed by atoms with Crippen molar-refractivity contribution in [1.29, 1.82) is 0 Å². The highest BCUT2D eigenvalue weighted by Crippen LogP contribution is 2.25. The normalized spacial score (nSPS) is 12.5. The largest absolute Gasteiger partial charge is 0.275 e. The Morgan fingerprint density at radius 2 is 2.14 bits per heavy atom. The Morgan fingerprint density at radius 3 is 2.81 bits per heavy atom. The van der Waals surface area contributed by atoms with Crippen LogP contribution >= 0.6 is 11.3 Å². The highest BCUT2D eigenvalue weighted by molar-refractivity contribution is 7.09. The summed E-state index contributed by atoms with van der Waals surface area (Å²) in [7, 11) is 1.90. The number of aromatic nitrogens is 3. The molecule has 108 valence electrons. The molecule has 1 aromatic carbocycles. The van der Waals surface area contributed by atoms with E-state index in [2.05, 4.69) is 28.0 Å². The van der Waals surface area contributed by atoms with Crippen LogP contribution in [-0.4, -0.2) is 14.8 Å². The Hall–Kier alpha value is -2.02. The molecule has 0 radical (unpaired) electrons. The third kappa shape index (κ3) is 3.18. The Kier molecular flexibility index (Phi) is 4.10. The van der Waals surface area contributed by atoms with E-state index in [0.717, 1.165) is 28.2 Å². The number of nitrogens with one attached hydrogen (secondary N) is 1. The zero-order valence-electron chi connectivity index (χ0n) is 11.7. The summed E-state index contributed by atoms with van der Waals surface area (Å²) in [5.41, 5.74) is 6.06. The van der Waals surface area contributed by atoms with Gasteiger partial charge in [0.15, 0.2) is 0 Å². The molecule has 0 aliphatic rings. The van der Waals surface area contributed by atoms with Crippen LogP contribution in [0.5, 0.6) is 0 Å². The number of rotatable bonds is 5. The number of hydrogen-bond donors (Lipinski definition) is 2. The Balaban J connectivity index is 1.77. The first-order valence-electron chi connectivity index (χ1n) is 6.71. The highest BCUT2D eigenvalue weighted by Gasteiger charge is 2.15. The molecule has 0 aliphatic heterocycles. The van der Waals surface area contributed by atoms with E-state index in [1.54, 1.807) is 16.0 Å². The SMILES string of the molecule is Cn1cc(C(Cc2nc(-c3ccccc3)cs2)NN)cn1. The second-order valence-electron chi connectivity index (χ2n) is 4.86. The highest BCUT2D eigenvalue weighted by atomic mass is 32.1. The van der Waals surface area contributed by atoms with E-state index in [4.69, 9.17) is 10.8 Å². The molecule has 2 aromatic heterocycles. The average Bonchev–Trinajstić information content (AvgIpc) is 3.15. The molecule has 1 unspecified atom stereocenters. The van der Waals surface area contributed by atoms with Gasteiger partial charge in [-0.2, -0.15) is 5.10 Å². The second-order valence-corrected chi connectivity index (χ2v) is 5.81. The number of hydrogen-bond acceptors (Lipinski definition) is 5. The summed E-state index contributed by atoms with van der Waals surface area (Å²) in [5.74, 6) is 5.67. The molecule has 0 bridgehead atoms. The fourth-order valence-electron chi connectivity index (χ4n) is 2.21. The molecular weight excluding hydrogens is 282 g/mol. The number of nitrogens with two attached hydrogens (primary N) is 1. The van der Waals surface area contributed by atoms with Crippen LogP contribution in [0.4, 0.5) is 0 Å². The fraction of sp³-hybridized carbons (Fsp3) is 0.200. The topological polar surface area (TPSA) is 68.8 Å². The van der Waals surface area contributed by atoms with Crippen LogP contribution in [0.2, 0.25) is 0 Å². The molecule has 3 N–H and O–H groups in total. The van der Waals surface area contributed by atoms with Gasteiger partial charge in [-0.25, -0.2) is 4.98 Å². The molecule has 3 rings (SSSR count). The zero-order chi connectivity index (χ0) is 14.7. The van der Waals surface area contributed by atoms with Crippen LogP contribution in [0, 0.1) is 0 Å². The standard InChI is InChI=1S/C15H17N5S/c1-20-9-12(8-17-20)13(19-16)7-15-18-14(10-21-15)11-5-3-2-4-6-11/h2-6,8-10,13,19H,7,16H2,1H3. The Morgan fingerprint density at radius 1 is 1.33 bits per heavy atom. The maximum Gasteiger partial charge on any atom is 0.0952 e. The molecule has 0 aliphatic carbocycles. The summed E-state index contributed by atoms with van der Waals surface area (Å²) >= 11 is 1.66. The van der Waals surface area contributed by atoms with Crippen molar-refractivity contribution >= 4 is 11.3 Å². The van der Waals surface area contributed by atoms with Crippen LogP contribution in [0.3, 0.4) is 0 Å². The number of benzene rings is 1. The molecule has 6 heteroatoms. The monoisotopic (exact) mass is 299 g/mol. The van der Waals surface area contributed by atoms with Gasteiger partial charge in [0, 0.05) is 36.2 Å². The lowest BCUT2D eigenvalue weighted by atomic mass is 10.1. The summed E-state index contributed by atoms with van der Waals surface area (Å²) in [6.45, 7) is 0. The second kappa shape index (κ2) is 6.17. The quantitative estimate of drug-likeness (QED) is 0.560. The number of hydrazine groups is 1. The van der Waals surface area contributed by atoms with Crippen LogP contribution in [0.25, 0.3) is 11.3 Å². The third-order valence-corrected chi connectivity index (χ3v) is 4.20. The van der Waals surface area contributed by atoms with Gasteiger partial charge in [0.05, 0.1) is 22.9 Å². The van der Waals surface area contributed by atoms with Gasteiger partial charge < -0.3 is 0 Å². The fourth-order valence-corrected chi connectivity index (χ4v) is 3.06. The predicted molar refractivity (Wildman–Crippen MR) is 84.5 cm³/mol. The van der Waals surface area contributed by atoms with E-state index < -0.39 is 0 Å². The van der Waals surface area contributed by atoms with E-state index in [1.807, 2.05) is 37.6 Å². The van der Waals surface area contributed by atoms with Gasteiger partial charge in [0.1, 0.15) is 0 Å². The Bertz CT molecular complexity index is 704. The molecule has 21 heavy (non-hydrogen) atoms. The molecular formula is C15H17N5S. The maximum atomic E-state index is 5.67. The molecule has 0 spiro atoms. The molecule has 0 amide bonds. The predicted octanol–water partition coefficient (Wildman–Crippen LogP) is 2.29. The van der Waals surface area contributed by atoms with Gasteiger partial charge in [0.25, 0.3) is 0 Å². The first kappa shape index (κ1) is 13.9. The number of thiazole rings is 1. The van der Waals surface area contributed by atoms with Crippen molar-refractivity contribution in [3.63, 3.8) is 0 Å². The summed E-state index contributed by atoms with van der Waals surface area (Å²) in [5, 5.41) is 7.32. The first-order valence-corrected chi connectivity index (χ1v) is 7.58. The maximum absolute atomic E-state index is 5.67. The van der Waals surface area contributed by atoms with E-state index in [-0.39, 0.29) is 6.04 Å². The lowest BCUT2D eigenvalue weighted by Crippen LogP contribution is -2.29. The first-order chi connectivity index (χ1) is 10.3. The molecule has 0 saturated carbocycles. The lowest BCUT2D eigenvalue weighted by molar-refractivity contribution is 0.550. The summed E-state index contributed by atoms with van der Waals surface area (Å²) in [6, 6.07) is 10.2. The summed E-state index contributed by atoms with van der Waals surface area (Å²) < 4.78 is 1.77. The minimum Gasteiger partial charge on any atom is -0.275 e. The van der Waals surface area contributed by atoms with E-state index >= 15 is 0 Å². The van der Waals surface area contributed by atoms with Crippen LogP contribution in [0.15, 0.2) is 48.1 Å². The van der Waals surface area contributed by atoms with Crippen LogP contribution in [-0.2, 0) is 13.5 Å². The van der Waals surface area contributed by atoms with Gasteiger partial charge >= 0.3 is 0 Å². The van der Waals surface area contributed by atoms with Crippen molar-refractivity contribution in [3.8, 4) is 11.3 Å². The van der Waals surface area contributed by atoms with Crippen LogP contribution in [0.1, 0.15) is 16.6 Å². The number of aryl methyl sites for hydroxylation is 1. The summed E-state index contributed by atoms with van der Waals surface area (Å²) in [4.78, 5) is 4.70. The van der Waals surface area contributed by atoms with Crippen molar-refractivity contribution in [2.24, 2.45) is 12.9 Å². The van der Waals surface area contributed by atoms with Gasteiger partial charge in [-0.3, -0.25) is 16.0 Å². The van der Waals surface area contributed by atoms with E-state index in [9.17, 15) is 0 Å². The van der Waals surface area contributed by atoms with Crippen molar-refractivity contribution < 1.29 is 0 Å². The summed E-state index contributed by atoms with van der Waals surface area (Å²) in [6.07, 6.45) is 4.55. The van der Waals surface area contributed by atoms with Crippen molar-refractivity contribution in [2.45, 2.75) is 12.5 Å². The molecule has 0 saturated heterocycles. The third-order valence-electron chi connectivity index (χ3n) is 3.33. The van der Waals surface area contributed by atoms with E-state index in [0.29, 0.717) is 0 Å². The van der Waals surface area contributed by atoms with Gasteiger partial charge in [-0.1, -0.05) is 30.3 Å². The Labute approximate surface area is 127 Å². The average molecular weight is 299 g/mol. The molecule has 0 fully saturated rings. The van der Waals surface area contributed by atoms with E-state index in [1.165, 1.54) is 0 Å². The number of nitrogens with zero attached hydrogens (tertiary/aromatic N) is 3. The van der Waals surface area contributed by atoms with Gasteiger partial charge in [0.2, 0.25) is 0 Å².